The minimum atomic E-state index is -0.437. The Bertz CT molecular complexity index is 972. The number of Topliss-reactive ketones (excluding diaryl/α,β-unsaturated/α-hetero) is 1. The SMILES string of the molecule is O=C(CC(Nc1ccc([N+](=O)[O-])cc1)c1ccc(Br)cc1)c1ccc(Br)cc1. The molecule has 0 aromatic heterocycles. The Labute approximate surface area is 179 Å². The second-order valence-corrected chi connectivity index (χ2v) is 8.02. The fourth-order valence-electron chi connectivity index (χ4n) is 2.77. The number of ketones is 1. The molecule has 1 unspecified atom stereocenters. The van der Waals surface area contributed by atoms with Crippen molar-refractivity contribution >= 4 is 49.0 Å². The fraction of sp³-hybridized carbons (Fsp3) is 0.0952. The first-order valence-electron chi connectivity index (χ1n) is 8.47. The van der Waals surface area contributed by atoms with Crippen LogP contribution in [0, 0.1) is 10.1 Å². The van der Waals surface area contributed by atoms with Gasteiger partial charge in [-0.1, -0.05) is 56.1 Å². The molecule has 5 nitrogen and oxygen atoms in total. The second kappa shape index (κ2) is 9.12. The summed E-state index contributed by atoms with van der Waals surface area (Å²) < 4.78 is 1.86. The molecule has 0 saturated carbocycles. The maximum atomic E-state index is 12.8. The van der Waals surface area contributed by atoms with E-state index in [1.54, 1.807) is 24.3 Å². The summed E-state index contributed by atoms with van der Waals surface area (Å²) in [6.07, 6.45) is 0.250. The van der Waals surface area contributed by atoms with Crippen LogP contribution in [0.3, 0.4) is 0 Å². The minimum Gasteiger partial charge on any atom is -0.378 e. The van der Waals surface area contributed by atoms with E-state index in [0.29, 0.717) is 11.3 Å². The summed E-state index contributed by atoms with van der Waals surface area (Å²) in [5.74, 6) is 0.00910. The highest BCUT2D eigenvalue weighted by Gasteiger charge is 2.18. The number of benzene rings is 3. The first-order valence-corrected chi connectivity index (χ1v) is 10.1. The molecule has 0 aliphatic heterocycles. The fourth-order valence-corrected chi connectivity index (χ4v) is 3.30. The van der Waals surface area contributed by atoms with Gasteiger partial charge in [-0.05, 0) is 42.0 Å². The summed E-state index contributed by atoms with van der Waals surface area (Å²) >= 11 is 6.79. The summed E-state index contributed by atoms with van der Waals surface area (Å²) in [6, 6.07) is 20.9. The molecule has 0 radical (unpaired) electrons. The normalized spacial score (nSPS) is 11.6. The quantitative estimate of drug-likeness (QED) is 0.225. The molecular weight excluding hydrogens is 488 g/mol. The van der Waals surface area contributed by atoms with E-state index in [1.807, 2.05) is 36.4 Å². The molecule has 0 saturated heterocycles. The molecular formula is C21H16Br2N2O3. The summed E-state index contributed by atoms with van der Waals surface area (Å²) in [5, 5.41) is 14.2. The van der Waals surface area contributed by atoms with Gasteiger partial charge in [0.2, 0.25) is 0 Å². The zero-order chi connectivity index (χ0) is 20.1. The van der Waals surface area contributed by atoms with E-state index in [0.717, 1.165) is 14.5 Å². The van der Waals surface area contributed by atoms with Gasteiger partial charge in [0.05, 0.1) is 11.0 Å². The summed E-state index contributed by atoms with van der Waals surface area (Å²) in [6.45, 7) is 0. The van der Waals surface area contributed by atoms with Crippen LogP contribution in [0.15, 0.2) is 81.7 Å². The van der Waals surface area contributed by atoms with Crippen molar-refractivity contribution in [3.05, 3.63) is 103 Å². The Balaban J connectivity index is 1.84. The topological polar surface area (TPSA) is 72.2 Å². The van der Waals surface area contributed by atoms with Crippen LogP contribution >= 0.6 is 31.9 Å². The highest BCUT2D eigenvalue weighted by atomic mass is 79.9. The molecule has 0 fully saturated rings. The molecule has 0 aliphatic rings. The third kappa shape index (κ3) is 5.27. The van der Waals surface area contributed by atoms with Gasteiger partial charge in [-0.2, -0.15) is 0 Å². The lowest BCUT2D eigenvalue weighted by Gasteiger charge is -2.20. The lowest BCUT2D eigenvalue weighted by molar-refractivity contribution is -0.384. The van der Waals surface area contributed by atoms with Gasteiger partial charge in [0, 0.05) is 38.7 Å². The van der Waals surface area contributed by atoms with Crippen molar-refractivity contribution in [3.8, 4) is 0 Å². The van der Waals surface area contributed by atoms with Gasteiger partial charge < -0.3 is 5.32 Å². The van der Waals surface area contributed by atoms with E-state index in [9.17, 15) is 14.9 Å². The number of non-ortho nitro benzene ring substituents is 1. The molecule has 0 bridgehead atoms. The third-order valence-electron chi connectivity index (χ3n) is 4.25. The Morgan fingerprint density at radius 1 is 0.893 bits per heavy atom. The van der Waals surface area contributed by atoms with Gasteiger partial charge >= 0.3 is 0 Å². The average molecular weight is 504 g/mol. The highest BCUT2D eigenvalue weighted by Crippen LogP contribution is 2.27. The summed E-state index contributed by atoms with van der Waals surface area (Å²) in [5.41, 5.74) is 2.32. The number of nitro benzene ring substituents is 1. The van der Waals surface area contributed by atoms with Gasteiger partial charge in [0.25, 0.3) is 5.69 Å². The number of halogens is 2. The lowest BCUT2D eigenvalue weighted by Crippen LogP contribution is -2.16. The van der Waals surface area contributed by atoms with Crippen molar-refractivity contribution in [2.75, 3.05) is 5.32 Å². The smallest absolute Gasteiger partial charge is 0.269 e. The molecule has 0 aliphatic carbocycles. The number of nitro groups is 1. The van der Waals surface area contributed by atoms with Crippen LogP contribution in [0.2, 0.25) is 0 Å². The monoisotopic (exact) mass is 502 g/mol. The van der Waals surface area contributed by atoms with Crippen molar-refractivity contribution in [2.24, 2.45) is 0 Å². The van der Waals surface area contributed by atoms with Gasteiger partial charge in [-0.3, -0.25) is 14.9 Å². The van der Waals surface area contributed by atoms with E-state index in [-0.39, 0.29) is 23.9 Å². The predicted octanol–water partition coefficient (Wildman–Crippen LogP) is 6.55. The van der Waals surface area contributed by atoms with Crippen molar-refractivity contribution in [1.82, 2.24) is 0 Å². The van der Waals surface area contributed by atoms with Gasteiger partial charge in [-0.25, -0.2) is 0 Å². The first-order chi connectivity index (χ1) is 13.4. The number of hydrogen-bond donors (Lipinski definition) is 1. The number of hydrogen-bond acceptors (Lipinski definition) is 4. The van der Waals surface area contributed by atoms with E-state index >= 15 is 0 Å². The summed E-state index contributed by atoms with van der Waals surface area (Å²) in [7, 11) is 0. The van der Waals surface area contributed by atoms with Crippen LogP contribution < -0.4 is 5.32 Å². The molecule has 1 atom stereocenters. The number of nitrogens with one attached hydrogen (secondary N) is 1. The molecule has 1 N–H and O–H groups in total. The van der Waals surface area contributed by atoms with E-state index in [4.69, 9.17) is 0 Å². The molecule has 28 heavy (non-hydrogen) atoms. The minimum absolute atomic E-state index is 0.00910. The van der Waals surface area contributed by atoms with E-state index in [1.165, 1.54) is 12.1 Å². The van der Waals surface area contributed by atoms with Gasteiger partial charge in [0.1, 0.15) is 0 Å². The number of carbonyl (C=O) groups excluding carboxylic acids is 1. The van der Waals surface area contributed by atoms with Crippen LogP contribution in [-0.4, -0.2) is 10.7 Å². The van der Waals surface area contributed by atoms with Crippen molar-refractivity contribution in [1.29, 1.82) is 0 Å². The Kier molecular flexibility index (Phi) is 6.59. The number of anilines is 1. The van der Waals surface area contributed by atoms with Crippen LogP contribution in [0.1, 0.15) is 28.4 Å². The van der Waals surface area contributed by atoms with Gasteiger partial charge in [-0.15, -0.1) is 0 Å². The van der Waals surface area contributed by atoms with Crippen LogP contribution in [0.5, 0.6) is 0 Å². The zero-order valence-corrected chi connectivity index (χ0v) is 17.8. The number of rotatable bonds is 7. The third-order valence-corrected chi connectivity index (χ3v) is 5.30. The van der Waals surface area contributed by atoms with Crippen molar-refractivity contribution < 1.29 is 9.72 Å². The number of carbonyl (C=O) groups is 1. The molecule has 0 heterocycles. The Morgan fingerprint density at radius 3 is 1.96 bits per heavy atom. The second-order valence-electron chi connectivity index (χ2n) is 6.19. The maximum Gasteiger partial charge on any atom is 0.269 e. The van der Waals surface area contributed by atoms with E-state index < -0.39 is 4.92 Å². The van der Waals surface area contributed by atoms with Crippen LogP contribution in [-0.2, 0) is 0 Å². The Hall–Kier alpha value is -2.51. The van der Waals surface area contributed by atoms with Gasteiger partial charge in [0.15, 0.2) is 5.78 Å². The summed E-state index contributed by atoms with van der Waals surface area (Å²) in [4.78, 5) is 23.2. The lowest BCUT2D eigenvalue weighted by atomic mass is 9.97. The maximum absolute atomic E-state index is 12.8. The molecule has 142 valence electrons. The molecule has 0 amide bonds. The first kappa shape index (κ1) is 20.2. The average Bonchev–Trinajstić information content (AvgIpc) is 2.69. The zero-order valence-electron chi connectivity index (χ0n) is 14.6. The van der Waals surface area contributed by atoms with Crippen LogP contribution in [0.4, 0.5) is 11.4 Å². The molecule has 3 aromatic carbocycles. The Morgan fingerprint density at radius 2 is 1.43 bits per heavy atom. The molecule has 3 aromatic rings. The standard InChI is InChI=1S/C21H16Br2N2O3/c22-16-5-1-14(2-6-16)20(13-21(26)15-3-7-17(23)8-4-15)24-18-9-11-19(12-10-18)25(27)28/h1-12,20,24H,13H2. The molecule has 7 heteroatoms. The van der Waals surface area contributed by atoms with Crippen LogP contribution in [0.25, 0.3) is 0 Å². The van der Waals surface area contributed by atoms with Crippen molar-refractivity contribution in [3.63, 3.8) is 0 Å². The highest BCUT2D eigenvalue weighted by molar-refractivity contribution is 9.10. The van der Waals surface area contributed by atoms with Crippen molar-refractivity contribution in [2.45, 2.75) is 12.5 Å². The number of nitrogens with zero attached hydrogens (tertiary/aromatic N) is 1. The molecule has 0 spiro atoms. The molecule has 3 rings (SSSR count). The largest absolute Gasteiger partial charge is 0.378 e. The van der Waals surface area contributed by atoms with E-state index in [2.05, 4.69) is 37.2 Å². The predicted molar refractivity (Wildman–Crippen MR) is 117 cm³/mol.